The van der Waals surface area contributed by atoms with Crippen molar-refractivity contribution in [3.8, 4) is 6.07 Å². The quantitative estimate of drug-likeness (QED) is 0.564. The summed E-state index contributed by atoms with van der Waals surface area (Å²) in [5.41, 5.74) is 1.26. The molecule has 0 aliphatic rings. The zero-order chi connectivity index (χ0) is 7.56. The standard InChI is InChI=1S/C6H8N4/c1-3-10-5(2)6(4-7)8-9-10/h3H2,1-2H3. The van der Waals surface area contributed by atoms with Gasteiger partial charge in [0, 0.05) is 6.54 Å². The van der Waals surface area contributed by atoms with E-state index in [4.69, 9.17) is 5.26 Å². The monoisotopic (exact) mass is 136 g/mol. The van der Waals surface area contributed by atoms with Crippen LogP contribution in [0.15, 0.2) is 0 Å². The average molecular weight is 136 g/mol. The van der Waals surface area contributed by atoms with Gasteiger partial charge in [0.2, 0.25) is 0 Å². The Balaban J connectivity index is 3.12. The van der Waals surface area contributed by atoms with E-state index in [0.29, 0.717) is 5.69 Å². The molecule has 0 N–H and O–H groups in total. The molecule has 1 heterocycles. The van der Waals surface area contributed by atoms with Crippen molar-refractivity contribution in [1.29, 1.82) is 5.26 Å². The highest BCUT2D eigenvalue weighted by atomic mass is 15.4. The van der Waals surface area contributed by atoms with Gasteiger partial charge in [-0.15, -0.1) is 5.10 Å². The molecule has 0 bridgehead atoms. The number of nitrogens with zero attached hydrogens (tertiary/aromatic N) is 4. The summed E-state index contributed by atoms with van der Waals surface area (Å²) in [5.74, 6) is 0. The maximum absolute atomic E-state index is 8.46. The number of aromatic nitrogens is 3. The number of nitriles is 1. The molecule has 0 spiro atoms. The van der Waals surface area contributed by atoms with Crippen LogP contribution in [0.3, 0.4) is 0 Å². The second-order valence-electron chi connectivity index (χ2n) is 1.95. The molecule has 1 rings (SSSR count). The first-order chi connectivity index (χ1) is 4.79. The van der Waals surface area contributed by atoms with Gasteiger partial charge in [-0.25, -0.2) is 4.68 Å². The highest BCUT2D eigenvalue weighted by Crippen LogP contribution is 1.99. The summed E-state index contributed by atoms with van der Waals surface area (Å²) in [6, 6.07) is 1.96. The van der Waals surface area contributed by atoms with Crippen molar-refractivity contribution in [3.05, 3.63) is 11.4 Å². The highest BCUT2D eigenvalue weighted by Gasteiger charge is 2.03. The Morgan fingerprint density at radius 3 is 2.70 bits per heavy atom. The summed E-state index contributed by atoms with van der Waals surface area (Å²) in [4.78, 5) is 0. The van der Waals surface area contributed by atoms with Crippen LogP contribution in [0.25, 0.3) is 0 Å². The van der Waals surface area contributed by atoms with Crippen molar-refractivity contribution in [2.45, 2.75) is 20.4 Å². The molecule has 52 valence electrons. The maximum atomic E-state index is 8.46. The second-order valence-corrected chi connectivity index (χ2v) is 1.95. The van der Waals surface area contributed by atoms with Crippen LogP contribution < -0.4 is 0 Å². The third kappa shape index (κ3) is 0.860. The van der Waals surface area contributed by atoms with Crippen molar-refractivity contribution in [2.75, 3.05) is 0 Å². The van der Waals surface area contributed by atoms with E-state index in [1.807, 2.05) is 19.9 Å². The summed E-state index contributed by atoms with van der Waals surface area (Å²) in [7, 11) is 0. The Bertz CT molecular complexity index is 268. The largest absolute Gasteiger partial charge is 0.249 e. The molecule has 0 saturated heterocycles. The Labute approximate surface area is 59.1 Å². The number of aryl methyl sites for hydroxylation is 1. The lowest BCUT2D eigenvalue weighted by Crippen LogP contribution is -1.98. The first-order valence-corrected chi connectivity index (χ1v) is 3.09. The fraction of sp³-hybridized carbons (Fsp3) is 0.500. The second kappa shape index (κ2) is 2.48. The van der Waals surface area contributed by atoms with Crippen molar-refractivity contribution >= 4 is 0 Å². The zero-order valence-corrected chi connectivity index (χ0v) is 6.00. The van der Waals surface area contributed by atoms with Crippen molar-refractivity contribution < 1.29 is 0 Å². The Kier molecular flexibility index (Phi) is 1.67. The van der Waals surface area contributed by atoms with Crippen LogP contribution in [0.2, 0.25) is 0 Å². The summed E-state index contributed by atoms with van der Waals surface area (Å²) < 4.78 is 1.69. The van der Waals surface area contributed by atoms with Crippen molar-refractivity contribution in [2.24, 2.45) is 0 Å². The van der Waals surface area contributed by atoms with Gasteiger partial charge in [-0.05, 0) is 13.8 Å². The first-order valence-electron chi connectivity index (χ1n) is 3.09. The molecule has 0 unspecified atom stereocenters. The van der Waals surface area contributed by atoms with E-state index in [2.05, 4.69) is 10.3 Å². The third-order valence-electron chi connectivity index (χ3n) is 1.39. The van der Waals surface area contributed by atoms with E-state index in [9.17, 15) is 0 Å². The van der Waals surface area contributed by atoms with Gasteiger partial charge in [0.25, 0.3) is 0 Å². The minimum atomic E-state index is 0.418. The molecule has 0 radical (unpaired) electrons. The van der Waals surface area contributed by atoms with Gasteiger partial charge in [-0.3, -0.25) is 0 Å². The third-order valence-corrected chi connectivity index (χ3v) is 1.39. The van der Waals surface area contributed by atoms with E-state index in [0.717, 1.165) is 12.2 Å². The van der Waals surface area contributed by atoms with Crippen LogP contribution in [0, 0.1) is 18.3 Å². The minimum absolute atomic E-state index is 0.418. The molecule has 0 amide bonds. The summed E-state index contributed by atoms with van der Waals surface area (Å²) in [5, 5.41) is 15.9. The molecular formula is C6H8N4. The normalized spacial score (nSPS) is 9.30. The van der Waals surface area contributed by atoms with Crippen LogP contribution in [-0.4, -0.2) is 15.0 Å². The van der Waals surface area contributed by atoms with Gasteiger partial charge in [-0.2, -0.15) is 5.26 Å². The molecule has 0 saturated carbocycles. The minimum Gasteiger partial charge on any atom is -0.249 e. The predicted octanol–water partition coefficient (Wildman–Crippen LogP) is 0.478. The van der Waals surface area contributed by atoms with Crippen LogP contribution in [-0.2, 0) is 6.54 Å². The zero-order valence-electron chi connectivity index (χ0n) is 6.00. The van der Waals surface area contributed by atoms with Crippen LogP contribution in [0.5, 0.6) is 0 Å². The van der Waals surface area contributed by atoms with E-state index in [1.165, 1.54) is 0 Å². The maximum Gasteiger partial charge on any atom is 0.185 e. The molecule has 1 aromatic heterocycles. The topological polar surface area (TPSA) is 54.5 Å². The molecule has 4 nitrogen and oxygen atoms in total. The first kappa shape index (κ1) is 6.75. The lowest BCUT2D eigenvalue weighted by Gasteiger charge is -1.93. The fourth-order valence-corrected chi connectivity index (χ4v) is 0.764. The Morgan fingerprint density at radius 1 is 1.70 bits per heavy atom. The Morgan fingerprint density at radius 2 is 2.40 bits per heavy atom. The highest BCUT2D eigenvalue weighted by molar-refractivity contribution is 5.22. The summed E-state index contributed by atoms with van der Waals surface area (Å²) >= 11 is 0. The van der Waals surface area contributed by atoms with E-state index >= 15 is 0 Å². The lowest BCUT2D eigenvalue weighted by atomic mass is 10.4. The van der Waals surface area contributed by atoms with Crippen LogP contribution in [0.1, 0.15) is 18.3 Å². The molecule has 0 aliphatic heterocycles. The van der Waals surface area contributed by atoms with Gasteiger partial charge in [0.05, 0.1) is 5.69 Å². The molecule has 0 aromatic carbocycles. The molecule has 0 aliphatic carbocycles. The van der Waals surface area contributed by atoms with Gasteiger partial charge in [0.1, 0.15) is 6.07 Å². The van der Waals surface area contributed by atoms with Crippen LogP contribution >= 0.6 is 0 Å². The SMILES string of the molecule is CCn1nnc(C#N)c1C. The Hall–Kier alpha value is -1.37. The molecule has 10 heavy (non-hydrogen) atoms. The smallest absolute Gasteiger partial charge is 0.185 e. The van der Waals surface area contributed by atoms with Gasteiger partial charge >= 0.3 is 0 Å². The number of rotatable bonds is 1. The van der Waals surface area contributed by atoms with Gasteiger partial charge in [0.15, 0.2) is 5.69 Å². The average Bonchev–Trinajstić information content (AvgIpc) is 2.30. The fourth-order valence-electron chi connectivity index (χ4n) is 0.764. The summed E-state index contributed by atoms with van der Waals surface area (Å²) in [6.07, 6.45) is 0. The molecule has 1 aromatic rings. The number of hydrogen-bond acceptors (Lipinski definition) is 3. The number of hydrogen-bond donors (Lipinski definition) is 0. The lowest BCUT2D eigenvalue weighted by molar-refractivity contribution is 0.611. The van der Waals surface area contributed by atoms with Crippen molar-refractivity contribution in [3.63, 3.8) is 0 Å². The van der Waals surface area contributed by atoms with Gasteiger partial charge < -0.3 is 0 Å². The molecule has 0 fully saturated rings. The summed E-state index contributed by atoms with van der Waals surface area (Å²) in [6.45, 7) is 4.56. The van der Waals surface area contributed by atoms with E-state index < -0.39 is 0 Å². The van der Waals surface area contributed by atoms with Crippen molar-refractivity contribution in [1.82, 2.24) is 15.0 Å². The molecular weight excluding hydrogens is 128 g/mol. The molecule has 0 atom stereocenters. The van der Waals surface area contributed by atoms with Gasteiger partial charge in [-0.1, -0.05) is 5.21 Å². The predicted molar refractivity (Wildman–Crippen MR) is 35.1 cm³/mol. The van der Waals surface area contributed by atoms with E-state index in [-0.39, 0.29) is 0 Å². The molecule has 4 heteroatoms. The van der Waals surface area contributed by atoms with E-state index in [1.54, 1.807) is 4.68 Å². The van der Waals surface area contributed by atoms with Crippen LogP contribution in [0.4, 0.5) is 0 Å².